The first-order valence-electron chi connectivity index (χ1n) is 5.85. The molecule has 2 aliphatic rings. The third-order valence-corrected chi connectivity index (χ3v) is 3.45. The van der Waals surface area contributed by atoms with E-state index in [1.165, 1.54) is 0 Å². The molecular weight excluding hydrogens is 192 g/mol. The van der Waals surface area contributed by atoms with Crippen molar-refractivity contribution >= 4 is 5.91 Å². The fourth-order valence-corrected chi connectivity index (χ4v) is 2.55. The van der Waals surface area contributed by atoms with Gasteiger partial charge < -0.3 is 15.4 Å². The van der Waals surface area contributed by atoms with Crippen molar-refractivity contribution < 1.29 is 9.53 Å². The van der Waals surface area contributed by atoms with Gasteiger partial charge in [-0.25, -0.2) is 0 Å². The van der Waals surface area contributed by atoms with Crippen molar-refractivity contribution in [3.8, 4) is 0 Å². The quantitative estimate of drug-likeness (QED) is 0.728. The van der Waals surface area contributed by atoms with Gasteiger partial charge in [0.2, 0.25) is 5.91 Å². The molecule has 0 aromatic rings. The molecule has 2 rings (SSSR count). The molecule has 1 amide bonds. The first-order valence-corrected chi connectivity index (χ1v) is 5.85. The van der Waals surface area contributed by atoms with Crippen LogP contribution in [0.5, 0.6) is 0 Å². The van der Waals surface area contributed by atoms with Crippen molar-refractivity contribution in [3.05, 3.63) is 0 Å². The lowest BCUT2D eigenvalue weighted by atomic mass is 9.96. The Morgan fingerprint density at radius 2 is 2.33 bits per heavy atom. The molecule has 2 atom stereocenters. The summed E-state index contributed by atoms with van der Waals surface area (Å²) in [5.74, 6) is 0.597. The summed E-state index contributed by atoms with van der Waals surface area (Å²) in [6.45, 7) is 4.82. The average molecular weight is 212 g/mol. The first-order chi connectivity index (χ1) is 7.25. The van der Waals surface area contributed by atoms with Crippen LogP contribution in [0.25, 0.3) is 0 Å². The first kappa shape index (κ1) is 10.9. The Morgan fingerprint density at radius 1 is 1.47 bits per heavy atom. The summed E-state index contributed by atoms with van der Waals surface area (Å²) in [5.41, 5.74) is 5.35. The standard InChI is InChI=1S/C11H20N2O2/c12-11(14)10-2-1-4-13(7-10)6-9-3-5-15-8-9/h9-10H,1-8H2,(H2,12,14). The second-order valence-corrected chi connectivity index (χ2v) is 4.73. The van der Waals surface area contributed by atoms with Crippen LogP contribution in [0.2, 0.25) is 0 Å². The average Bonchev–Trinajstić information content (AvgIpc) is 2.71. The summed E-state index contributed by atoms with van der Waals surface area (Å²) in [7, 11) is 0. The molecule has 4 nitrogen and oxygen atoms in total. The minimum absolute atomic E-state index is 0.0704. The molecule has 0 radical (unpaired) electrons. The van der Waals surface area contributed by atoms with Crippen molar-refractivity contribution in [1.82, 2.24) is 4.90 Å². The van der Waals surface area contributed by atoms with Crippen molar-refractivity contribution in [1.29, 1.82) is 0 Å². The minimum Gasteiger partial charge on any atom is -0.381 e. The molecular formula is C11H20N2O2. The summed E-state index contributed by atoms with van der Waals surface area (Å²) < 4.78 is 5.35. The number of piperidine rings is 1. The Kier molecular flexibility index (Phi) is 3.59. The number of ether oxygens (including phenoxy) is 1. The zero-order chi connectivity index (χ0) is 10.7. The topological polar surface area (TPSA) is 55.6 Å². The molecule has 2 N–H and O–H groups in total. The van der Waals surface area contributed by atoms with Crippen LogP contribution in [0.4, 0.5) is 0 Å². The number of nitrogens with two attached hydrogens (primary N) is 1. The van der Waals surface area contributed by atoms with Gasteiger partial charge in [0.15, 0.2) is 0 Å². The predicted octanol–water partition coefficient (Wildman–Crippen LogP) is 0.220. The molecule has 0 aromatic carbocycles. The molecule has 86 valence electrons. The number of hydrogen-bond acceptors (Lipinski definition) is 3. The largest absolute Gasteiger partial charge is 0.381 e. The van der Waals surface area contributed by atoms with Gasteiger partial charge in [-0.15, -0.1) is 0 Å². The number of carbonyl (C=O) groups excluding carboxylic acids is 1. The molecule has 2 aliphatic heterocycles. The summed E-state index contributed by atoms with van der Waals surface area (Å²) in [6.07, 6.45) is 3.23. The number of hydrogen-bond donors (Lipinski definition) is 1. The summed E-state index contributed by atoms with van der Waals surface area (Å²) >= 11 is 0. The predicted molar refractivity (Wildman–Crippen MR) is 57.3 cm³/mol. The lowest BCUT2D eigenvalue weighted by molar-refractivity contribution is -0.123. The van der Waals surface area contributed by atoms with E-state index in [4.69, 9.17) is 10.5 Å². The highest BCUT2D eigenvalue weighted by molar-refractivity contribution is 5.76. The number of primary amides is 1. The van der Waals surface area contributed by atoms with E-state index in [9.17, 15) is 4.79 Å². The lowest BCUT2D eigenvalue weighted by Crippen LogP contribution is -2.43. The Hall–Kier alpha value is -0.610. The van der Waals surface area contributed by atoms with Gasteiger partial charge in [0, 0.05) is 19.7 Å². The summed E-state index contributed by atoms with van der Waals surface area (Å²) in [6, 6.07) is 0. The Bertz CT molecular complexity index is 227. The van der Waals surface area contributed by atoms with Gasteiger partial charge in [-0.05, 0) is 31.7 Å². The third-order valence-electron chi connectivity index (χ3n) is 3.45. The highest BCUT2D eigenvalue weighted by atomic mass is 16.5. The highest BCUT2D eigenvalue weighted by Gasteiger charge is 2.26. The Labute approximate surface area is 90.8 Å². The molecule has 4 heteroatoms. The molecule has 0 aromatic heterocycles. The van der Waals surface area contributed by atoms with Gasteiger partial charge >= 0.3 is 0 Å². The van der Waals surface area contributed by atoms with Crippen LogP contribution in [0.3, 0.4) is 0 Å². The van der Waals surface area contributed by atoms with E-state index in [-0.39, 0.29) is 11.8 Å². The van der Waals surface area contributed by atoms with Crippen molar-refractivity contribution in [2.24, 2.45) is 17.6 Å². The highest BCUT2D eigenvalue weighted by Crippen LogP contribution is 2.20. The maximum Gasteiger partial charge on any atom is 0.221 e. The van der Waals surface area contributed by atoms with Gasteiger partial charge in [-0.1, -0.05) is 0 Å². The van der Waals surface area contributed by atoms with Crippen LogP contribution in [0.15, 0.2) is 0 Å². The minimum atomic E-state index is -0.137. The SMILES string of the molecule is NC(=O)C1CCCN(CC2CCOC2)C1. The molecule has 2 unspecified atom stereocenters. The molecule has 2 saturated heterocycles. The van der Waals surface area contributed by atoms with E-state index in [1.807, 2.05) is 0 Å². The lowest BCUT2D eigenvalue weighted by Gasteiger charge is -2.32. The molecule has 0 saturated carbocycles. The van der Waals surface area contributed by atoms with Gasteiger partial charge in [0.25, 0.3) is 0 Å². The monoisotopic (exact) mass is 212 g/mol. The fourth-order valence-electron chi connectivity index (χ4n) is 2.55. The molecule has 2 fully saturated rings. The fraction of sp³-hybridized carbons (Fsp3) is 0.909. The zero-order valence-electron chi connectivity index (χ0n) is 9.15. The van der Waals surface area contributed by atoms with Gasteiger partial charge in [0.1, 0.15) is 0 Å². The summed E-state index contributed by atoms with van der Waals surface area (Å²) in [4.78, 5) is 13.5. The zero-order valence-corrected chi connectivity index (χ0v) is 9.15. The maximum atomic E-state index is 11.1. The third kappa shape index (κ3) is 2.92. The smallest absolute Gasteiger partial charge is 0.221 e. The number of rotatable bonds is 3. The molecule has 0 bridgehead atoms. The molecule has 0 aliphatic carbocycles. The molecule has 2 heterocycles. The number of likely N-dealkylation sites (tertiary alicyclic amines) is 1. The van der Waals surface area contributed by atoms with Crippen LogP contribution in [-0.4, -0.2) is 43.7 Å². The van der Waals surface area contributed by atoms with Crippen LogP contribution in [-0.2, 0) is 9.53 Å². The number of carbonyl (C=O) groups is 1. The van der Waals surface area contributed by atoms with E-state index >= 15 is 0 Å². The Balaban J connectivity index is 1.79. The summed E-state index contributed by atoms with van der Waals surface area (Å²) in [5, 5.41) is 0. The Morgan fingerprint density at radius 3 is 3.00 bits per heavy atom. The van der Waals surface area contributed by atoms with E-state index in [0.29, 0.717) is 5.92 Å². The van der Waals surface area contributed by atoms with Crippen molar-refractivity contribution in [2.45, 2.75) is 19.3 Å². The van der Waals surface area contributed by atoms with E-state index in [1.54, 1.807) is 0 Å². The molecule has 15 heavy (non-hydrogen) atoms. The number of amides is 1. The maximum absolute atomic E-state index is 11.1. The normalized spacial score (nSPS) is 33.1. The van der Waals surface area contributed by atoms with Gasteiger partial charge in [-0.2, -0.15) is 0 Å². The van der Waals surface area contributed by atoms with Crippen molar-refractivity contribution in [2.75, 3.05) is 32.8 Å². The second kappa shape index (κ2) is 4.94. The van der Waals surface area contributed by atoms with Crippen LogP contribution >= 0.6 is 0 Å². The molecule has 0 spiro atoms. The van der Waals surface area contributed by atoms with Crippen LogP contribution < -0.4 is 5.73 Å². The second-order valence-electron chi connectivity index (χ2n) is 4.73. The van der Waals surface area contributed by atoms with Crippen LogP contribution in [0, 0.1) is 11.8 Å². The van der Waals surface area contributed by atoms with E-state index < -0.39 is 0 Å². The van der Waals surface area contributed by atoms with Crippen LogP contribution in [0.1, 0.15) is 19.3 Å². The van der Waals surface area contributed by atoms with E-state index in [2.05, 4.69) is 4.90 Å². The van der Waals surface area contributed by atoms with Gasteiger partial charge in [0.05, 0.1) is 12.5 Å². The van der Waals surface area contributed by atoms with Crippen molar-refractivity contribution in [3.63, 3.8) is 0 Å². The van der Waals surface area contributed by atoms with E-state index in [0.717, 1.165) is 52.1 Å². The van der Waals surface area contributed by atoms with Gasteiger partial charge in [-0.3, -0.25) is 4.79 Å². The number of nitrogens with zero attached hydrogens (tertiary/aromatic N) is 1.